The fraction of sp³-hybridized carbons (Fsp3) is 0.684. The van der Waals surface area contributed by atoms with E-state index in [0.29, 0.717) is 11.8 Å². The summed E-state index contributed by atoms with van der Waals surface area (Å²) >= 11 is 0. The van der Waals surface area contributed by atoms with Crippen LogP contribution in [-0.4, -0.2) is 5.54 Å². The highest BCUT2D eigenvalue weighted by molar-refractivity contribution is 5.26. The highest BCUT2D eigenvalue weighted by atomic mass is 14.9. The third kappa shape index (κ3) is 6.09. The van der Waals surface area contributed by atoms with E-state index in [-0.39, 0.29) is 5.54 Å². The lowest BCUT2D eigenvalue weighted by atomic mass is 9.82. The normalized spacial score (nSPS) is 14.1. The van der Waals surface area contributed by atoms with Crippen LogP contribution in [0.4, 0.5) is 0 Å². The fourth-order valence-electron chi connectivity index (χ4n) is 2.55. The third-order valence-corrected chi connectivity index (χ3v) is 3.76. The van der Waals surface area contributed by atoms with Crippen molar-refractivity contribution in [3.8, 4) is 0 Å². The van der Waals surface area contributed by atoms with Crippen LogP contribution < -0.4 is 5.32 Å². The summed E-state index contributed by atoms with van der Waals surface area (Å²) in [6.45, 7) is 16.9. The van der Waals surface area contributed by atoms with Crippen LogP contribution in [0.2, 0.25) is 0 Å². The Bertz CT molecular complexity index is 381. The summed E-state index contributed by atoms with van der Waals surface area (Å²) in [5.41, 5.74) is 3.04. The van der Waals surface area contributed by atoms with Crippen molar-refractivity contribution in [3.63, 3.8) is 0 Å². The van der Waals surface area contributed by atoms with E-state index in [9.17, 15) is 0 Å². The molecule has 0 amide bonds. The first-order valence-electron chi connectivity index (χ1n) is 8.03. The minimum absolute atomic E-state index is 0.177. The maximum absolute atomic E-state index is 3.54. The fourth-order valence-corrected chi connectivity index (χ4v) is 2.55. The van der Waals surface area contributed by atoms with Crippen molar-refractivity contribution in [2.24, 2.45) is 11.8 Å². The zero-order valence-corrected chi connectivity index (χ0v) is 14.5. The van der Waals surface area contributed by atoms with Gasteiger partial charge < -0.3 is 5.32 Å². The Morgan fingerprint density at radius 1 is 0.950 bits per heavy atom. The van der Waals surface area contributed by atoms with Crippen LogP contribution in [0.15, 0.2) is 24.3 Å². The van der Waals surface area contributed by atoms with Crippen LogP contribution in [0.3, 0.4) is 0 Å². The molecule has 1 aromatic carbocycles. The molecule has 114 valence electrons. The minimum atomic E-state index is 0.177. The van der Waals surface area contributed by atoms with Gasteiger partial charge in [0.25, 0.3) is 0 Å². The van der Waals surface area contributed by atoms with Gasteiger partial charge in [-0.05, 0) is 56.1 Å². The van der Waals surface area contributed by atoms with Crippen molar-refractivity contribution in [1.29, 1.82) is 0 Å². The second-order valence-electron chi connectivity index (χ2n) is 7.83. The van der Waals surface area contributed by atoms with Crippen molar-refractivity contribution in [3.05, 3.63) is 35.4 Å². The molecule has 1 heteroatoms. The molecule has 1 nitrogen and oxygen atoms in total. The van der Waals surface area contributed by atoms with E-state index in [2.05, 4.69) is 78.0 Å². The van der Waals surface area contributed by atoms with E-state index in [1.165, 1.54) is 17.5 Å². The standard InChI is InChI=1S/C19H33N/c1-14(2)12-18(15(3)4)17-10-8-16(9-11-17)13-20-19(5,6)7/h8-11,14-15,18,20H,12-13H2,1-7H3. The molecule has 0 aliphatic rings. The highest BCUT2D eigenvalue weighted by Gasteiger charge is 2.17. The first-order valence-corrected chi connectivity index (χ1v) is 8.03. The van der Waals surface area contributed by atoms with E-state index < -0.39 is 0 Å². The molecule has 0 bridgehead atoms. The Balaban J connectivity index is 2.73. The molecular weight excluding hydrogens is 242 g/mol. The molecule has 1 rings (SSSR count). The number of hydrogen-bond donors (Lipinski definition) is 1. The second-order valence-corrected chi connectivity index (χ2v) is 7.83. The summed E-state index contributed by atoms with van der Waals surface area (Å²) in [7, 11) is 0. The van der Waals surface area contributed by atoms with E-state index in [4.69, 9.17) is 0 Å². The lowest BCUT2D eigenvalue weighted by Gasteiger charge is -2.24. The molecule has 1 N–H and O–H groups in total. The van der Waals surface area contributed by atoms with Gasteiger partial charge in [-0.25, -0.2) is 0 Å². The first kappa shape index (κ1) is 17.2. The number of benzene rings is 1. The van der Waals surface area contributed by atoms with Gasteiger partial charge in [0.2, 0.25) is 0 Å². The lowest BCUT2D eigenvalue weighted by Crippen LogP contribution is -2.35. The largest absolute Gasteiger partial charge is 0.308 e. The molecule has 20 heavy (non-hydrogen) atoms. The van der Waals surface area contributed by atoms with E-state index in [1.807, 2.05) is 0 Å². The smallest absolute Gasteiger partial charge is 0.0210 e. The van der Waals surface area contributed by atoms with Crippen LogP contribution >= 0.6 is 0 Å². The summed E-state index contributed by atoms with van der Waals surface area (Å²) < 4.78 is 0. The average Bonchev–Trinajstić information content (AvgIpc) is 2.33. The van der Waals surface area contributed by atoms with Crippen molar-refractivity contribution >= 4 is 0 Å². The molecule has 0 aliphatic heterocycles. The van der Waals surface area contributed by atoms with Crippen LogP contribution in [0, 0.1) is 11.8 Å². The Morgan fingerprint density at radius 2 is 1.50 bits per heavy atom. The average molecular weight is 275 g/mol. The molecule has 0 radical (unpaired) electrons. The molecule has 0 saturated carbocycles. The maximum Gasteiger partial charge on any atom is 0.0210 e. The van der Waals surface area contributed by atoms with Gasteiger partial charge >= 0.3 is 0 Å². The molecule has 0 saturated heterocycles. The molecule has 0 heterocycles. The highest BCUT2D eigenvalue weighted by Crippen LogP contribution is 2.31. The number of rotatable bonds is 6. The monoisotopic (exact) mass is 275 g/mol. The SMILES string of the molecule is CC(C)CC(c1ccc(CNC(C)(C)C)cc1)C(C)C. The molecule has 1 atom stereocenters. The van der Waals surface area contributed by atoms with Crippen LogP contribution in [0.25, 0.3) is 0 Å². The summed E-state index contributed by atoms with van der Waals surface area (Å²) in [6.07, 6.45) is 1.28. The Hall–Kier alpha value is -0.820. The summed E-state index contributed by atoms with van der Waals surface area (Å²) in [6, 6.07) is 9.22. The second kappa shape index (κ2) is 7.26. The zero-order chi connectivity index (χ0) is 15.3. The topological polar surface area (TPSA) is 12.0 Å². The van der Waals surface area contributed by atoms with E-state index in [1.54, 1.807) is 0 Å². The predicted octanol–water partition coefficient (Wildman–Crippen LogP) is 5.36. The predicted molar refractivity (Wildman–Crippen MR) is 90.1 cm³/mol. The lowest BCUT2D eigenvalue weighted by molar-refractivity contribution is 0.407. The molecule has 0 aromatic heterocycles. The zero-order valence-electron chi connectivity index (χ0n) is 14.5. The quantitative estimate of drug-likeness (QED) is 0.737. The van der Waals surface area contributed by atoms with Crippen molar-refractivity contribution in [1.82, 2.24) is 5.32 Å². The van der Waals surface area contributed by atoms with Gasteiger partial charge in [-0.15, -0.1) is 0 Å². The molecule has 0 fully saturated rings. The van der Waals surface area contributed by atoms with Crippen LogP contribution in [-0.2, 0) is 6.54 Å². The number of hydrogen-bond acceptors (Lipinski definition) is 1. The Morgan fingerprint density at radius 3 is 1.90 bits per heavy atom. The van der Waals surface area contributed by atoms with Crippen LogP contribution in [0.1, 0.15) is 71.9 Å². The molecule has 0 spiro atoms. The van der Waals surface area contributed by atoms with Crippen molar-refractivity contribution in [2.45, 2.75) is 72.9 Å². The molecular formula is C19H33N. The molecule has 1 aromatic rings. The van der Waals surface area contributed by atoms with Gasteiger partial charge in [0.1, 0.15) is 0 Å². The minimum Gasteiger partial charge on any atom is -0.308 e. The molecule has 0 aliphatic carbocycles. The Labute approximate surface area is 126 Å². The summed E-state index contributed by atoms with van der Waals surface area (Å²) in [5.74, 6) is 2.14. The van der Waals surface area contributed by atoms with E-state index in [0.717, 1.165) is 12.5 Å². The van der Waals surface area contributed by atoms with E-state index >= 15 is 0 Å². The van der Waals surface area contributed by atoms with Gasteiger partial charge in [-0.3, -0.25) is 0 Å². The summed E-state index contributed by atoms with van der Waals surface area (Å²) in [5, 5.41) is 3.54. The van der Waals surface area contributed by atoms with Gasteiger partial charge in [0.15, 0.2) is 0 Å². The van der Waals surface area contributed by atoms with Gasteiger partial charge in [-0.1, -0.05) is 52.0 Å². The van der Waals surface area contributed by atoms with Gasteiger partial charge in [-0.2, -0.15) is 0 Å². The van der Waals surface area contributed by atoms with Crippen molar-refractivity contribution < 1.29 is 0 Å². The van der Waals surface area contributed by atoms with Crippen molar-refractivity contribution in [2.75, 3.05) is 0 Å². The summed E-state index contributed by atoms with van der Waals surface area (Å²) in [4.78, 5) is 0. The maximum atomic E-state index is 3.54. The number of nitrogens with one attached hydrogen (secondary N) is 1. The Kier molecular flexibility index (Phi) is 6.26. The van der Waals surface area contributed by atoms with Gasteiger partial charge in [0, 0.05) is 12.1 Å². The van der Waals surface area contributed by atoms with Crippen LogP contribution in [0.5, 0.6) is 0 Å². The van der Waals surface area contributed by atoms with Gasteiger partial charge in [0.05, 0.1) is 0 Å². The first-order chi connectivity index (χ1) is 9.19. The molecule has 1 unspecified atom stereocenters. The third-order valence-electron chi connectivity index (χ3n) is 3.76.